The zero-order valence-corrected chi connectivity index (χ0v) is 18.1. The molecule has 1 aliphatic carbocycles. The average Bonchev–Trinajstić information content (AvgIpc) is 3.29. The molecule has 0 aromatic heterocycles. The Morgan fingerprint density at radius 2 is 1.90 bits per heavy atom. The van der Waals surface area contributed by atoms with Crippen LogP contribution in [0.15, 0.2) is 47.4 Å². The molecule has 1 heterocycles. The average molecular weight is 429 g/mol. The zero-order chi connectivity index (χ0) is 21.1. The lowest BCUT2D eigenvalue weighted by atomic mass is 9.88. The number of carbonyl (C=O) groups is 1. The Hall–Kier alpha value is -2.38. The summed E-state index contributed by atoms with van der Waals surface area (Å²) in [5, 5.41) is 3.07. The summed E-state index contributed by atoms with van der Waals surface area (Å²) in [5.41, 5.74) is 3.18. The van der Waals surface area contributed by atoms with Gasteiger partial charge in [0.15, 0.2) is 6.61 Å². The van der Waals surface area contributed by atoms with E-state index in [1.54, 1.807) is 25.1 Å². The SMILES string of the molecule is Cc1cc(S(=O)(=O)N2CCCC2)ccc1OCC(=O)N[C@@H]1CCCc2ccccc21. The van der Waals surface area contributed by atoms with Crippen LogP contribution < -0.4 is 10.1 Å². The third-order valence-corrected chi connectivity index (χ3v) is 7.81. The van der Waals surface area contributed by atoms with E-state index in [0.717, 1.165) is 32.1 Å². The molecule has 0 spiro atoms. The van der Waals surface area contributed by atoms with Gasteiger partial charge in [-0.3, -0.25) is 4.79 Å². The highest BCUT2D eigenvalue weighted by molar-refractivity contribution is 7.89. The van der Waals surface area contributed by atoms with Crippen molar-refractivity contribution in [2.75, 3.05) is 19.7 Å². The van der Waals surface area contributed by atoms with Crippen molar-refractivity contribution in [1.82, 2.24) is 9.62 Å². The number of hydrogen-bond donors (Lipinski definition) is 1. The minimum atomic E-state index is -3.46. The minimum absolute atomic E-state index is 0.0140. The van der Waals surface area contributed by atoms with E-state index in [4.69, 9.17) is 4.74 Å². The lowest BCUT2D eigenvalue weighted by Gasteiger charge is -2.26. The van der Waals surface area contributed by atoms with E-state index >= 15 is 0 Å². The molecule has 30 heavy (non-hydrogen) atoms. The second-order valence-corrected chi connectivity index (χ2v) is 9.98. The number of sulfonamides is 1. The van der Waals surface area contributed by atoms with Crippen LogP contribution in [0.5, 0.6) is 5.75 Å². The number of benzene rings is 2. The van der Waals surface area contributed by atoms with E-state index in [0.29, 0.717) is 24.4 Å². The van der Waals surface area contributed by atoms with Gasteiger partial charge in [0.2, 0.25) is 10.0 Å². The van der Waals surface area contributed by atoms with Crippen LogP contribution in [0.1, 0.15) is 48.4 Å². The first kappa shape index (κ1) is 20.9. The van der Waals surface area contributed by atoms with Crippen LogP contribution in [0, 0.1) is 6.92 Å². The Kier molecular flexibility index (Phi) is 6.11. The van der Waals surface area contributed by atoms with E-state index in [-0.39, 0.29) is 23.5 Å². The quantitative estimate of drug-likeness (QED) is 0.766. The Balaban J connectivity index is 1.38. The van der Waals surface area contributed by atoms with Gasteiger partial charge in [-0.1, -0.05) is 24.3 Å². The number of rotatable bonds is 6. The van der Waals surface area contributed by atoms with Crippen LogP contribution >= 0.6 is 0 Å². The molecule has 1 amide bonds. The van der Waals surface area contributed by atoms with Crippen LogP contribution in [-0.2, 0) is 21.2 Å². The normalized spacial score (nSPS) is 19.3. The van der Waals surface area contributed by atoms with Crippen molar-refractivity contribution in [3.05, 3.63) is 59.2 Å². The lowest BCUT2D eigenvalue weighted by molar-refractivity contribution is -0.124. The fourth-order valence-electron chi connectivity index (χ4n) is 4.31. The maximum atomic E-state index is 12.7. The summed E-state index contributed by atoms with van der Waals surface area (Å²) >= 11 is 0. The largest absolute Gasteiger partial charge is 0.484 e. The third kappa shape index (κ3) is 4.37. The number of fused-ring (bicyclic) bond motifs is 1. The van der Waals surface area contributed by atoms with Crippen molar-refractivity contribution in [2.24, 2.45) is 0 Å². The second kappa shape index (κ2) is 8.78. The zero-order valence-electron chi connectivity index (χ0n) is 17.3. The van der Waals surface area contributed by atoms with Crippen molar-refractivity contribution in [2.45, 2.75) is 50.0 Å². The van der Waals surface area contributed by atoms with Crippen molar-refractivity contribution < 1.29 is 17.9 Å². The molecule has 7 heteroatoms. The predicted octanol–water partition coefficient (Wildman–Crippen LogP) is 3.35. The molecule has 6 nitrogen and oxygen atoms in total. The van der Waals surface area contributed by atoms with Crippen molar-refractivity contribution >= 4 is 15.9 Å². The summed E-state index contributed by atoms with van der Waals surface area (Å²) in [6, 6.07) is 13.1. The highest BCUT2D eigenvalue weighted by Crippen LogP contribution is 2.29. The van der Waals surface area contributed by atoms with Crippen LogP contribution in [0.25, 0.3) is 0 Å². The number of amides is 1. The van der Waals surface area contributed by atoms with Gasteiger partial charge in [0, 0.05) is 13.1 Å². The first-order valence-corrected chi connectivity index (χ1v) is 12.0. The Morgan fingerprint density at radius 3 is 2.67 bits per heavy atom. The highest BCUT2D eigenvalue weighted by atomic mass is 32.2. The number of nitrogens with one attached hydrogen (secondary N) is 1. The van der Waals surface area contributed by atoms with Gasteiger partial charge < -0.3 is 10.1 Å². The van der Waals surface area contributed by atoms with Gasteiger partial charge in [-0.15, -0.1) is 0 Å². The van der Waals surface area contributed by atoms with Gasteiger partial charge in [0.05, 0.1) is 10.9 Å². The Morgan fingerprint density at radius 1 is 1.13 bits per heavy atom. The summed E-state index contributed by atoms with van der Waals surface area (Å²) in [6.45, 7) is 2.85. The van der Waals surface area contributed by atoms with Crippen molar-refractivity contribution in [3.8, 4) is 5.75 Å². The van der Waals surface area contributed by atoms with E-state index in [2.05, 4.69) is 17.4 Å². The second-order valence-electron chi connectivity index (χ2n) is 8.04. The Labute approximate surface area is 178 Å². The first-order chi connectivity index (χ1) is 14.4. The number of hydrogen-bond acceptors (Lipinski definition) is 4. The number of aryl methyl sites for hydroxylation is 2. The van der Waals surface area contributed by atoms with E-state index in [1.807, 2.05) is 12.1 Å². The molecule has 0 unspecified atom stereocenters. The maximum absolute atomic E-state index is 12.7. The van der Waals surface area contributed by atoms with Gasteiger partial charge in [-0.05, 0) is 73.9 Å². The molecule has 1 atom stereocenters. The van der Waals surface area contributed by atoms with Gasteiger partial charge >= 0.3 is 0 Å². The minimum Gasteiger partial charge on any atom is -0.484 e. The standard InChI is InChI=1S/C23H28N2O4S/c1-17-15-19(30(27,28)25-13-4-5-14-25)11-12-22(17)29-16-23(26)24-21-10-6-8-18-7-2-3-9-20(18)21/h2-3,7,9,11-12,15,21H,4-6,8,10,13-14,16H2,1H3,(H,24,26)/t21-/m1/s1. The fraction of sp³-hybridized carbons (Fsp3) is 0.435. The van der Waals surface area contributed by atoms with E-state index in [1.165, 1.54) is 15.4 Å². The highest BCUT2D eigenvalue weighted by Gasteiger charge is 2.27. The molecule has 1 aliphatic heterocycles. The Bertz CT molecular complexity index is 1030. The van der Waals surface area contributed by atoms with Crippen LogP contribution in [0.4, 0.5) is 0 Å². The monoisotopic (exact) mass is 428 g/mol. The molecule has 160 valence electrons. The van der Waals surface area contributed by atoms with Gasteiger partial charge in [0.25, 0.3) is 5.91 Å². The molecule has 2 aromatic carbocycles. The summed E-state index contributed by atoms with van der Waals surface area (Å²) < 4.78 is 32.6. The molecule has 0 bridgehead atoms. The number of carbonyl (C=O) groups excluding carboxylic acids is 1. The topological polar surface area (TPSA) is 75.7 Å². The predicted molar refractivity (Wildman–Crippen MR) is 115 cm³/mol. The molecule has 0 radical (unpaired) electrons. The molecule has 0 saturated carbocycles. The molecule has 2 aliphatic rings. The smallest absolute Gasteiger partial charge is 0.258 e. The summed E-state index contributed by atoms with van der Waals surface area (Å²) in [4.78, 5) is 12.7. The number of nitrogens with zero attached hydrogens (tertiary/aromatic N) is 1. The molecule has 2 aromatic rings. The first-order valence-electron chi connectivity index (χ1n) is 10.6. The van der Waals surface area contributed by atoms with Crippen molar-refractivity contribution in [1.29, 1.82) is 0 Å². The van der Waals surface area contributed by atoms with Crippen molar-refractivity contribution in [3.63, 3.8) is 0 Å². The number of ether oxygens (including phenoxy) is 1. The maximum Gasteiger partial charge on any atom is 0.258 e. The fourth-order valence-corrected chi connectivity index (χ4v) is 5.91. The lowest BCUT2D eigenvalue weighted by Crippen LogP contribution is -2.34. The van der Waals surface area contributed by atoms with Crippen LogP contribution in [0.2, 0.25) is 0 Å². The van der Waals surface area contributed by atoms with E-state index in [9.17, 15) is 13.2 Å². The van der Waals surface area contributed by atoms with Crippen LogP contribution in [-0.4, -0.2) is 38.3 Å². The third-order valence-electron chi connectivity index (χ3n) is 5.91. The van der Waals surface area contributed by atoms with Crippen LogP contribution in [0.3, 0.4) is 0 Å². The summed E-state index contributed by atoms with van der Waals surface area (Å²) in [6.07, 6.45) is 4.82. The van der Waals surface area contributed by atoms with Gasteiger partial charge in [-0.2, -0.15) is 4.31 Å². The van der Waals surface area contributed by atoms with Gasteiger partial charge in [-0.25, -0.2) is 8.42 Å². The summed E-state index contributed by atoms with van der Waals surface area (Å²) in [7, 11) is -3.46. The molecular weight excluding hydrogens is 400 g/mol. The molecule has 1 N–H and O–H groups in total. The van der Waals surface area contributed by atoms with E-state index < -0.39 is 10.0 Å². The molecular formula is C23H28N2O4S. The molecule has 1 fully saturated rings. The summed E-state index contributed by atoms with van der Waals surface area (Å²) in [5.74, 6) is 0.347. The van der Waals surface area contributed by atoms with Gasteiger partial charge in [0.1, 0.15) is 5.75 Å². The molecule has 4 rings (SSSR count). The molecule has 1 saturated heterocycles.